The zero-order valence-electron chi connectivity index (χ0n) is 12.6. The van der Waals surface area contributed by atoms with E-state index in [1.165, 1.54) is 4.88 Å². The minimum atomic E-state index is -0.254. The van der Waals surface area contributed by atoms with Gasteiger partial charge < -0.3 is 15.7 Å². The number of amides is 2. The number of hydrogen-bond donors (Lipinski definition) is 3. The first kappa shape index (κ1) is 16.5. The fourth-order valence-corrected chi connectivity index (χ4v) is 2.90. The lowest BCUT2D eigenvalue weighted by Gasteiger charge is -2.18. The van der Waals surface area contributed by atoms with Crippen molar-refractivity contribution in [2.24, 2.45) is 0 Å². The van der Waals surface area contributed by atoms with E-state index in [1.54, 1.807) is 11.3 Å². The van der Waals surface area contributed by atoms with E-state index < -0.39 is 0 Å². The summed E-state index contributed by atoms with van der Waals surface area (Å²) in [5, 5.41) is 15.8. The number of nitrogens with zero attached hydrogens (tertiary/aromatic N) is 1. The van der Waals surface area contributed by atoms with E-state index in [4.69, 9.17) is 5.11 Å². The van der Waals surface area contributed by atoms with Crippen LogP contribution in [0.15, 0.2) is 36.5 Å². The highest BCUT2D eigenvalue weighted by molar-refractivity contribution is 7.11. The highest BCUT2D eigenvalue weighted by atomic mass is 32.1. The monoisotopic (exact) mass is 319 g/mol. The number of carbonyl (C=O) groups excluding carboxylic acids is 1. The Labute approximate surface area is 134 Å². The Morgan fingerprint density at radius 3 is 2.77 bits per heavy atom. The number of nitrogens with one attached hydrogen (secondary N) is 2. The molecule has 118 valence electrons. The van der Waals surface area contributed by atoms with Crippen LogP contribution in [0.25, 0.3) is 0 Å². The van der Waals surface area contributed by atoms with Crippen molar-refractivity contribution in [1.29, 1.82) is 0 Å². The van der Waals surface area contributed by atoms with E-state index in [0.29, 0.717) is 13.0 Å². The maximum absolute atomic E-state index is 12.0. The minimum absolute atomic E-state index is 0.0200. The molecule has 1 aromatic heterocycles. The third kappa shape index (κ3) is 4.82. The molecule has 0 fully saturated rings. The van der Waals surface area contributed by atoms with Gasteiger partial charge in [0, 0.05) is 17.7 Å². The number of aliphatic hydroxyl groups excluding tert-OH is 1. The molecule has 0 radical (unpaired) electrons. The van der Waals surface area contributed by atoms with Crippen LogP contribution in [0.4, 0.5) is 4.79 Å². The molecule has 0 saturated carbocycles. The summed E-state index contributed by atoms with van der Waals surface area (Å²) in [7, 11) is 0. The van der Waals surface area contributed by atoms with Gasteiger partial charge in [-0.2, -0.15) is 0 Å². The van der Waals surface area contributed by atoms with Gasteiger partial charge in [0.1, 0.15) is 5.01 Å². The Hall–Kier alpha value is -1.92. The van der Waals surface area contributed by atoms with Gasteiger partial charge in [0.2, 0.25) is 0 Å². The summed E-state index contributed by atoms with van der Waals surface area (Å²) in [6.45, 7) is 2.51. The van der Waals surface area contributed by atoms with Crippen LogP contribution >= 0.6 is 11.3 Å². The van der Waals surface area contributed by atoms with Crippen molar-refractivity contribution in [2.75, 3.05) is 6.61 Å². The van der Waals surface area contributed by atoms with Crippen LogP contribution in [-0.2, 0) is 13.0 Å². The van der Waals surface area contributed by atoms with E-state index in [-0.39, 0.29) is 18.7 Å². The number of urea groups is 1. The zero-order valence-corrected chi connectivity index (χ0v) is 13.4. The third-order valence-electron chi connectivity index (χ3n) is 3.28. The Kier molecular flexibility index (Phi) is 6.36. The van der Waals surface area contributed by atoms with Crippen molar-refractivity contribution >= 4 is 17.4 Å². The van der Waals surface area contributed by atoms with Gasteiger partial charge in [-0.15, -0.1) is 11.3 Å². The van der Waals surface area contributed by atoms with Gasteiger partial charge in [0.05, 0.1) is 12.6 Å². The molecule has 1 atom stereocenters. The van der Waals surface area contributed by atoms with Crippen LogP contribution < -0.4 is 10.6 Å². The molecule has 0 saturated heterocycles. The summed E-state index contributed by atoms with van der Waals surface area (Å²) in [5.41, 5.74) is 0.981. The second-order valence-corrected chi connectivity index (χ2v) is 6.08. The average Bonchev–Trinajstić information content (AvgIpc) is 3.01. The smallest absolute Gasteiger partial charge is 0.315 e. The highest BCUT2D eigenvalue weighted by Crippen LogP contribution is 2.16. The van der Waals surface area contributed by atoms with E-state index in [2.05, 4.69) is 22.5 Å². The molecule has 0 spiro atoms. The van der Waals surface area contributed by atoms with E-state index in [0.717, 1.165) is 17.0 Å². The Balaban J connectivity index is 1.88. The summed E-state index contributed by atoms with van der Waals surface area (Å²) < 4.78 is 0. The molecular formula is C16H21N3O2S. The van der Waals surface area contributed by atoms with E-state index in [9.17, 15) is 4.79 Å². The van der Waals surface area contributed by atoms with Gasteiger partial charge >= 0.3 is 6.03 Å². The topological polar surface area (TPSA) is 74.2 Å². The van der Waals surface area contributed by atoms with Crippen molar-refractivity contribution < 1.29 is 9.90 Å². The van der Waals surface area contributed by atoms with Crippen LogP contribution in [0.3, 0.4) is 0 Å². The first-order chi connectivity index (χ1) is 10.7. The predicted octanol–water partition coefficient (Wildman–Crippen LogP) is 2.63. The normalized spacial score (nSPS) is 11.9. The summed E-state index contributed by atoms with van der Waals surface area (Å²) in [6, 6.07) is 9.18. The van der Waals surface area contributed by atoms with Crippen LogP contribution in [0, 0.1) is 0 Å². The number of thiazole rings is 1. The zero-order chi connectivity index (χ0) is 15.8. The van der Waals surface area contributed by atoms with E-state index in [1.807, 2.05) is 36.5 Å². The molecule has 0 aliphatic heterocycles. The van der Waals surface area contributed by atoms with Crippen molar-refractivity contribution in [2.45, 2.75) is 32.4 Å². The standard InChI is InChI=1S/C16H21N3O2S/c1-2-13-10-17-15(22-13)11-18-16(21)19-14(8-9-20)12-6-4-3-5-7-12/h3-7,10,14,20H,2,8-9,11H2,1H3,(H2,18,19,21)/t14-/m1/s1. The molecule has 22 heavy (non-hydrogen) atoms. The number of aliphatic hydroxyl groups is 1. The molecule has 0 aliphatic carbocycles. The number of benzene rings is 1. The average molecular weight is 319 g/mol. The molecule has 0 unspecified atom stereocenters. The van der Waals surface area contributed by atoms with Gasteiger partial charge in [0.15, 0.2) is 0 Å². The lowest BCUT2D eigenvalue weighted by Crippen LogP contribution is -2.37. The third-order valence-corrected chi connectivity index (χ3v) is 4.42. The molecule has 1 aromatic carbocycles. The number of rotatable bonds is 7. The van der Waals surface area contributed by atoms with Crippen molar-refractivity contribution in [3.63, 3.8) is 0 Å². The van der Waals surface area contributed by atoms with Crippen LogP contribution in [0.2, 0.25) is 0 Å². The molecule has 2 amide bonds. The molecule has 0 bridgehead atoms. The fraction of sp³-hybridized carbons (Fsp3) is 0.375. The summed E-state index contributed by atoms with van der Waals surface area (Å²) in [4.78, 5) is 17.5. The molecule has 6 heteroatoms. The summed E-state index contributed by atoms with van der Waals surface area (Å²) in [6.07, 6.45) is 3.28. The Morgan fingerprint density at radius 1 is 1.36 bits per heavy atom. The highest BCUT2D eigenvalue weighted by Gasteiger charge is 2.14. The molecule has 2 rings (SSSR count). The van der Waals surface area contributed by atoms with Crippen molar-refractivity contribution in [3.8, 4) is 0 Å². The largest absolute Gasteiger partial charge is 0.396 e. The molecule has 3 N–H and O–H groups in total. The summed E-state index contributed by atoms with van der Waals surface area (Å²) >= 11 is 1.61. The Bertz CT molecular complexity index is 586. The molecule has 5 nitrogen and oxygen atoms in total. The SMILES string of the molecule is CCc1cnc(CNC(=O)N[C@H](CCO)c2ccccc2)s1. The first-order valence-electron chi connectivity index (χ1n) is 7.36. The maximum atomic E-state index is 12.0. The van der Waals surface area contributed by atoms with Gasteiger partial charge in [-0.25, -0.2) is 9.78 Å². The minimum Gasteiger partial charge on any atom is -0.396 e. The summed E-state index contributed by atoms with van der Waals surface area (Å²) in [5.74, 6) is 0. The second-order valence-electron chi connectivity index (χ2n) is 4.88. The molecular weight excluding hydrogens is 298 g/mol. The van der Waals surface area contributed by atoms with Crippen molar-refractivity contribution in [3.05, 3.63) is 52.0 Å². The Morgan fingerprint density at radius 2 is 2.14 bits per heavy atom. The lowest BCUT2D eigenvalue weighted by atomic mass is 10.0. The quantitative estimate of drug-likeness (QED) is 0.734. The van der Waals surface area contributed by atoms with Crippen LogP contribution in [-0.4, -0.2) is 22.7 Å². The molecule has 1 heterocycles. The first-order valence-corrected chi connectivity index (χ1v) is 8.18. The maximum Gasteiger partial charge on any atom is 0.315 e. The lowest BCUT2D eigenvalue weighted by molar-refractivity contribution is 0.229. The van der Waals surface area contributed by atoms with Crippen molar-refractivity contribution in [1.82, 2.24) is 15.6 Å². The number of hydrogen-bond acceptors (Lipinski definition) is 4. The van der Waals surface area contributed by atoms with Crippen LogP contribution in [0.5, 0.6) is 0 Å². The van der Waals surface area contributed by atoms with E-state index >= 15 is 0 Å². The van der Waals surface area contributed by atoms with Gasteiger partial charge in [-0.05, 0) is 18.4 Å². The van der Waals surface area contributed by atoms with Gasteiger partial charge in [-0.3, -0.25) is 0 Å². The van der Waals surface area contributed by atoms with Crippen LogP contribution in [0.1, 0.15) is 34.8 Å². The van der Waals surface area contributed by atoms with Gasteiger partial charge in [0.25, 0.3) is 0 Å². The molecule has 0 aliphatic rings. The molecule has 2 aromatic rings. The fourth-order valence-electron chi connectivity index (χ4n) is 2.09. The predicted molar refractivity (Wildman–Crippen MR) is 87.7 cm³/mol. The number of aryl methyl sites for hydroxylation is 1. The number of carbonyl (C=O) groups is 1. The van der Waals surface area contributed by atoms with Gasteiger partial charge in [-0.1, -0.05) is 37.3 Å². The number of aromatic nitrogens is 1. The second kappa shape index (κ2) is 8.51.